The summed E-state index contributed by atoms with van der Waals surface area (Å²) in [4.78, 5) is 10.7. The van der Waals surface area contributed by atoms with Gasteiger partial charge in [-0.15, -0.1) is 11.8 Å². The minimum absolute atomic E-state index is 0.214. The third-order valence-corrected chi connectivity index (χ3v) is 4.71. The molecule has 2 unspecified atom stereocenters. The van der Waals surface area contributed by atoms with Crippen molar-refractivity contribution in [2.45, 2.75) is 16.9 Å². The Morgan fingerprint density at radius 2 is 2.18 bits per heavy atom. The van der Waals surface area contributed by atoms with E-state index in [2.05, 4.69) is 6.92 Å². The summed E-state index contributed by atoms with van der Waals surface area (Å²) in [6.07, 6.45) is 0.717. The average molecular weight is 191 g/mol. The molecule has 0 amide bonds. The standard InChI is InChI=1S/C7H11O2S2/c1-2-5-6(7(8)9)11-4-3-10-5/h5-6H,1-4H2,(H,8,9). The molecule has 1 aliphatic heterocycles. The SMILES string of the molecule is [CH2]CC1SCCSC1C(=O)O. The Kier molecular flexibility index (Phi) is 3.59. The van der Waals surface area contributed by atoms with E-state index in [9.17, 15) is 4.79 Å². The highest BCUT2D eigenvalue weighted by Crippen LogP contribution is 2.32. The molecule has 1 N–H and O–H groups in total. The van der Waals surface area contributed by atoms with Crippen LogP contribution in [0.1, 0.15) is 6.42 Å². The van der Waals surface area contributed by atoms with Crippen LogP contribution in [0.25, 0.3) is 0 Å². The highest BCUT2D eigenvalue weighted by Gasteiger charge is 2.30. The molecule has 0 aromatic heterocycles. The lowest BCUT2D eigenvalue weighted by molar-refractivity contribution is -0.136. The first-order valence-electron chi connectivity index (χ1n) is 3.51. The molecule has 1 rings (SSSR count). The van der Waals surface area contributed by atoms with Crippen LogP contribution in [-0.4, -0.2) is 33.1 Å². The molecule has 0 saturated carbocycles. The largest absolute Gasteiger partial charge is 0.480 e. The van der Waals surface area contributed by atoms with Crippen LogP contribution in [0.4, 0.5) is 0 Å². The zero-order valence-electron chi connectivity index (χ0n) is 6.16. The fourth-order valence-electron chi connectivity index (χ4n) is 1.03. The molecule has 0 aromatic carbocycles. The number of hydrogen-bond acceptors (Lipinski definition) is 3. The van der Waals surface area contributed by atoms with Crippen LogP contribution in [-0.2, 0) is 4.79 Å². The van der Waals surface area contributed by atoms with Gasteiger partial charge < -0.3 is 5.11 Å². The summed E-state index contributed by atoms with van der Waals surface area (Å²) < 4.78 is 0. The molecule has 1 saturated heterocycles. The van der Waals surface area contributed by atoms with Crippen LogP contribution in [0.3, 0.4) is 0 Å². The van der Waals surface area contributed by atoms with E-state index in [-0.39, 0.29) is 10.5 Å². The highest BCUT2D eigenvalue weighted by atomic mass is 32.2. The predicted octanol–water partition coefficient (Wildman–Crippen LogP) is 1.51. The Morgan fingerprint density at radius 1 is 1.55 bits per heavy atom. The fraction of sp³-hybridized carbons (Fsp3) is 0.714. The van der Waals surface area contributed by atoms with Crippen molar-refractivity contribution in [3.63, 3.8) is 0 Å². The Morgan fingerprint density at radius 3 is 2.64 bits per heavy atom. The normalized spacial score (nSPS) is 31.7. The smallest absolute Gasteiger partial charge is 0.317 e. The zero-order chi connectivity index (χ0) is 8.27. The highest BCUT2D eigenvalue weighted by molar-refractivity contribution is 8.07. The number of carboxylic acids is 1. The van der Waals surface area contributed by atoms with Gasteiger partial charge in [-0.05, 0) is 6.42 Å². The molecule has 1 radical (unpaired) electrons. The van der Waals surface area contributed by atoms with Crippen LogP contribution in [0.15, 0.2) is 0 Å². The topological polar surface area (TPSA) is 37.3 Å². The summed E-state index contributed by atoms with van der Waals surface area (Å²) in [7, 11) is 0. The summed E-state index contributed by atoms with van der Waals surface area (Å²) in [6.45, 7) is 3.74. The number of thioether (sulfide) groups is 2. The van der Waals surface area contributed by atoms with E-state index >= 15 is 0 Å². The van der Waals surface area contributed by atoms with Crippen LogP contribution >= 0.6 is 23.5 Å². The lowest BCUT2D eigenvalue weighted by Gasteiger charge is -2.26. The first kappa shape index (κ1) is 9.26. The number of carbonyl (C=O) groups is 1. The summed E-state index contributed by atoms with van der Waals surface area (Å²) in [6, 6.07) is 0. The lowest BCUT2D eigenvalue weighted by atomic mass is 10.2. The maximum atomic E-state index is 10.7. The van der Waals surface area contributed by atoms with Crippen molar-refractivity contribution in [3.05, 3.63) is 6.92 Å². The van der Waals surface area contributed by atoms with Gasteiger partial charge in [0.05, 0.1) is 0 Å². The van der Waals surface area contributed by atoms with Crippen LogP contribution in [0.2, 0.25) is 0 Å². The minimum atomic E-state index is -0.684. The van der Waals surface area contributed by atoms with Crippen molar-refractivity contribution < 1.29 is 9.90 Å². The Bertz CT molecular complexity index is 149. The van der Waals surface area contributed by atoms with E-state index in [0.29, 0.717) is 6.42 Å². The zero-order valence-corrected chi connectivity index (χ0v) is 7.79. The van der Waals surface area contributed by atoms with E-state index in [0.717, 1.165) is 11.5 Å². The number of hydrogen-bond donors (Lipinski definition) is 1. The summed E-state index contributed by atoms with van der Waals surface area (Å²) in [5.41, 5.74) is 0. The first-order valence-corrected chi connectivity index (χ1v) is 5.60. The molecule has 0 aromatic rings. The molecular weight excluding hydrogens is 180 g/mol. The van der Waals surface area contributed by atoms with E-state index in [1.165, 1.54) is 0 Å². The Labute approximate surface area is 75.1 Å². The third kappa shape index (κ3) is 2.30. The molecule has 63 valence electrons. The molecule has 1 aliphatic rings. The van der Waals surface area contributed by atoms with Crippen molar-refractivity contribution in [1.82, 2.24) is 0 Å². The van der Waals surface area contributed by atoms with Gasteiger partial charge >= 0.3 is 5.97 Å². The molecular formula is C7H11O2S2. The molecule has 11 heavy (non-hydrogen) atoms. The van der Waals surface area contributed by atoms with E-state index in [1.807, 2.05) is 0 Å². The Hall–Kier alpha value is 0.170. The van der Waals surface area contributed by atoms with Gasteiger partial charge in [-0.25, -0.2) is 0 Å². The summed E-state index contributed by atoms with van der Waals surface area (Å²) in [5, 5.41) is 8.76. The maximum absolute atomic E-state index is 10.7. The lowest BCUT2D eigenvalue weighted by Crippen LogP contribution is -2.32. The van der Waals surface area contributed by atoms with E-state index in [4.69, 9.17) is 5.11 Å². The van der Waals surface area contributed by atoms with Crippen LogP contribution in [0, 0.1) is 6.92 Å². The van der Waals surface area contributed by atoms with Gasteiger partial charge in [0.2, 0.25) is 0 Å². The maximum Gasteiger partial charge on any atom is 0.317 e. The summed E-state index contributed by atoms with van der Waals surface area (Å²) in [5.74, 6) is 1.34. The Balaban J connectivity index is 2.51. The predicted molar refractivity (Wildman–Crippen MR) is 50.1 cm³/mol. The van der Waals surface area contributed by atoms with E-state index in [1.54, 1.807) is 23.5 Å². The first-order chi connectivity index (χ1) is 5.25. The second kappa shape index (κ2) is 4.26. The molecule has 0 aliphatic carbocycles. The van der Waals surface area contributed by atoms with Crippen molar-refractivity contribution >= 4 is 29.5 Å². The molecule has 0 spiro atoms. The number of aliphatic carboxylic acids is 1. The van der Waals surface area contributed by atoms with Crippen LogP contribution < -0.4 is 0 Å². The molecule has 4 heteroatoms. The van der Waals surface area contributed by atoms with E-state index < -0.39 is 5.97 Å². The van der Waals surface area contributed by atoms with Gasteiger partial charge in [0.25, 0.3) is 0 Å². The van der Waals surface area contributed by atoms with Crippen molar-refractivity contribution in [1.29, 1.82) is 0 Å². The van der Waals surface area contributed by atoms with Gasteiger partial charge in [-0.2, -0.15) is 11.8 Å². The van der Waals surface area contributed by atoms with Gasteiger partial charge in [-0.1, -0.05) is 6.92 Å². The van der Waals surface area contributed by atoms with Gasteiger partial charge in [0.15, 0.2) is 0 Å². The van der Waals surface area contributed by atoms with Crippen LogP contribution in [0.5, 0.6) is 0 Å². The van der Waals surface area contributed by atoms with Gasteiger partial charge in [0, 0.05) is 16.8 Å². The van der Waals surface area contributed by atoms with Gasteiger partial charge in [-0.3, -0.25) is 4.79 Å². The quantitative estimate of drug-likeness (QED) is 0.718. The monoisotopic (exact) mass is 191 g/mol. The van der Waals surface area contributed by atoms with Crippen molar-refractivity contribution in [2.75, 3.05) is 11.5 Å². The fourth-order valence-corrected chi connectivity index (χ4v) is 3.78. The third-order valence-electron chi connectivity index (χ3n) is 1.58. The molecule has 1 heterocycles. The van der Waals surface area contributed by atoms with Gasteiger partial charge in [0.1, 0.15) is 5.25 Å². The molecule has 1 fully saturated rings. The minimum Gasteiger partial charge on any atom is -0.480 e. The second-order valence-corrected chi connectivity index (χ2v) is 4.92. The molecule has 2 nitrogen and oxygen atoms in total. The molecule has 0 bridgehead atoms. The molecule has 2 atom stereocenters. The average Bonchev–Trinajstić information content (AvgIpc) is 2.04. The van der Waals surface area contributed by atoms with Crippen molar-refractivity contribution in [3.8, 4) is 0 Å². The number of rotatable bonds is 2. The summed E-state index contributed by atoms with van der Waals surface area (Å²) >= 11 is 3.28. The number of carboxylic acid groups (broad SMARTS) is 1. The second-order valence-electron chi connectivity index (χ2n) is 2.33. The van der Waals surface area contributed by atoms with Crippen molar-refractivity contribution in [2.24, 2.45) is 0 Å².